The summed E-state index contributed by atoms with van der Waals surface area (Å²) in [5.41, 5.74) is 1.52. The van der Waals surface area contributed by atoms with Gasteiger partial charge >= 0.3 is 0 Å². The van der Waals surface area contributed by atoms with E-state index in [4.69, 9.17) is 4.52 Å². The van der Waals surface area contributed by atoms with Crippen molar-refractivity contribution in [1.29, 1.82) is 0 Å². The van der Waals surface area contributed by atoms with Crippen LogP contribution in [-0.2, 0) is 6.54 Å². The number of benzene rings is 1. The Kier molecular flexibility index (Phi) is 4.15. The van der Waals surface area contributed by atoms with Crippen LogP contribution in [0.15, 0.2) is 35.1 Å². The Bertz CT molecular complexity index is 589. The fraction of sp³-hybridized carbons (Fsp3) is 0.400. The average molecular weight is 293 g/mol. The molecular formula is C15H17F2N3O. The summed E-state index contributed by atoms with van der Waals surface area (Å²) in [7, 11) is 0. The van der Waals surface area contributed by atoms with Crippen LogP contribution in [0.4, 0.5) is 14.5 Å². The van der Waals surface area contributed by atoms with E-state index in [1.807, 2.05) is 6.07 Å². The van der Waals surface area contributed by atoms with Crippen LogP contribution in [0.3, 0.4) is 0 Å². The molecule has 112 valence electrons. The van der Waals surface area contributed by atoms with Gasteiger partial charge in [0.25, 0.3) is 0 Å². The Morgan fingerprint density at radius 3 is 2.95 bits per heavy atom. The van der Waals surface area contributed by atoms with Crippen molar-refractivity contribution in [3.8, 4) is 0 Å². The largest absolute Gasteiger partial charge is 0.381 e. The molecule has 3 rings (SSSR count). The zero-order valence-electron chi connectivity index (χ0n) is 11.6. The first-order chi connectivity index (χ1) is 10.2. The molecule has 1 saturated heterocycles. The van der Waals surface area contributed by atoms with Gasteiger partial charge < -0.3 is 9.84 Å². The van der Waals surface area contributed by atoms with Gasteiger partial charge in [-0.2, -0.15) is 0 Å². The highest BCUT2D eigenvalue weighted by molar-refractivity contribution is 5.44. The van der Waals surface area contributed by atoms with Gasteiger partial charge in [-0.1, -0.05) is 5.16 Å². The molecule has 0 bridgehead atoms. The van der Waals surface area contributed by atoms with Gasteiger partial charge in [0.05, 0.1) is 5.69 Å². The number of halogens is 2. The highest BCUT2D eigenvalue weighted by Crippen LogP contribution is 2.19. The van der Waals surface area contributed by atoms with Crippen molar-refractivity contribution >= 4 is 5.69 Å². The van der Waals surface area contributed by atoms with Gasteiger partial charge in [-0.25, -0.2) is 8.78 Å². The van der Waals surface area contributed by atoms with Crippen molar-refractivity contribution in [1.82, 2.24) is 10.1 Å². The fourth-order valence-corrected chi connectivity index (χ4v) is 2.69. The minimum Gasteiger partial charge on any atom is -0.381 e. The predicted octanol–water partition coefficient (Wildman–Crippen LogP) is 3.03. The molecule has 6 heteroatoms. The minimum absolute atomic E-state index is 0.218. The third-order valence-corrected chi connectivity index (χ3v) is 3.67. The summed E-state index contributed by atoms with van der Waals surface area (Å²) in [5.74, 6) is -1.65. The molecule has 0 radical (unpaired) electrons. The van der Waals surface area contributed by atoms with Crippen molar-refractivity contribution in [2.75, 3.05) is 18.4 Å². The molecule has 4 nitrogen and oxygen atoms in total. The van der Waals surface area contributed by atoms with Crippen LogP contribution in [-0.4, -0.2) is 29.2 Å². The Morgan fingerprint density at radius 2 is 2.19 bits per heavy atom. The normalized spacial score (nSPS) is 19.6. The molecule has 1 aliphatic heterocycles. The van der Waals surface area contributed by atoms with E-state index in [-0.39, 0.29) is 6.04 Å². The number of anilines is 1. The first kappa shape index (κ1) is 14.0. The maximum Gasteiger partial charge on any atom is 0.160 e. The van der Waals surface area contributed by atoms with E-state index in [1.54, 1.807) is 12.3 Å². The summed E-state index contributed by atoms with van der Waals surface area (Å²) < 4.78 is 31.0. The minimum atomic E-state index is -0.824. The summed E-state index contributed by atoms with van der Waals surface area (Å²) in [5, 5.41) is 7.18. The lowest BCUT2D eigenvalue weighted by Crippen LogP contribution is -2.41. The summed E-state index contributed by atoms with van der Waals surface area (Å²) in [6.07, 6.45) is 3.63. The van der Waals surface area contributed by atoms with E-state index < -0.39 is 11.6 Å². The van der Waals surface area contributed by atoms with E-state index in [9.17, 15) is 8.78 Å². The molecule has 2 aromatic rings. The third kappa shape index (κ3) is 3.58. The van der Waals surface area contributed by atoms with E-state index in [0.29, 0.717) is 5.69 Å². The number of aromatic nitrogens is 1. The van der Waals surface area contributed by atoms with E-state index in [0.717, 1.165) is 44.2 Å². The van der Waals surface area contributed by atoms with Crippen LogP contribution >= 0.6 is 0 Å². The van der Waals surface area contributed by atoms with Gasteiger partial charge in [0, 0.05) is 37.0 Å². The molecule has 0 amide bonds. The Balaban J connectivity index is 1.59. The van der Waals surface area contributed by atoms with Gasteiger partial charge in [0.15, 0.2) is 11.6 Å². The number of nitrogens with one attached hydrogen (secondary N) is 1. The van der Waals surface area contributed by atoms with Crippen LogP contribution in [0.1, 0.15) is 18.5 Å². The topological polar surface area (TPSA) is 41.3 Å². The fourth-order valence-electron chi connectivity index (χ4n) is 2.69. The van der Waals surface area contributed by atoms with Crippen LogP contribution in [0.2, 0.25) is 0 Å². The average Bonchev–Trinajstić information content (AvgIpc) is 2.96. The first-order valence-corrected chi connectivity index (χ1v) is 7.04. The summed E-state index contributed by atoms with van der Waals surface area (Å²) in [6.45, 7) is 2.58. The third-order valence-electron chi connectivity index (χ3n) is 3.67. The molecule has 1 aromatic heterocycles. The molecular weight excluding hydrogens is 276 g/mol. The van der Waals surface area contributed by atoms with Crippen molar-refractivity contribution < 1.29 is 13.3 Å². The lowest BCUT2D eigenvalue weighted by atomic mass is 10.0. The first-order valence-electron chi connectivity index (χ1n) is 7.04. The second-order valence-electron chi connectivity index (χ2n) is 5.34. The molecule has 2 heterocycles. The standard InChI is InChI=1S/C15H17F2N3O/c16-14-4-3-11(8-15(14)17)18-12-2-1-6-20(9-12)10-13-5-7-21-19-13/h3-5,7-8,12,18H,1-2,6,9-10H2/t12-/m1/s1. The van der Waals surface area contributed by atoms with Gasteiger partial charge in [0.2, 0.25) is 0 Å². The van der Waals surface area contributed by atoms with Crippen LogP contribution in [0, 0.1) is 11.6 Å². The maximum atomic E-state index is 13.2. The maximum absolute atomic E-state index is 13.2. The van der Waals surface area contributed by atoms with Crippen molar-refractivity contribution in [2.45, 2.75) is 25.4 Å². The zero-order chi connectivity index (χ0) is 14.7. The van der Waals surface area contributed by atoms with E-state index >= 15 is 0 Å². The van der Waals surface area contributed by atoms with Crippen molar-refractivity contribution in [2.24, 2.45) is 0 Å². The quantitative estimate of drug-likeness (QED) is 0.941. The number of piperidine rings is 1. The Hall–Kier alpha value is -1.95. The lowest BCUT2D eigenvalue weighted by molar-refractivity contribution is 0.203. The van der Waals surface area contributed by atoms with Gasteiger partial charge in [-0.15, -0.1) is 0 Å². The molecule has 1 atom stereocenters. The summed E-state index contributed by atoms with van der Waals surface area (Å²) in [6, 6.07) is 5.98. The van der Waals surface area contributed by atoms with Crippen LogP contribution in [0.5, 0.6) is 0 Å². The van der Waals surface area contributed by atoms with Gasteiger partial charge in [0.1, 0.15) is 6.26 Å². The summed E-state index contributed by atoms with van der Waals surface area (Å²) >= 11 is 0. The Morgan fingerprint density at radius 1 is 1.29 bits per heavy atom. The molecule has 1 fully saturated rings. The van der Waals surface area contributed by atoms with E-state index in [1.165, 1.54) is 6.07 Å². The molecule has 0 aliphatic carbocycles. The zero-order valence-corrected chi connectivity index (χ0v) is 11.6. The van der Waals surface area contributed by atoms with Crippen LogP contribution in [0.25, 0.3) is 0 Å². The highest BCUT2D eigenvalue weighted by Gasteiger charge is 2.20. The molecule has 1 aromatic carbocycles. The SMILES string of the molecule is Fc1ccc(N[C@@H]2CCCN(Cc3ccon3)C2)cc1F. The van der Waals surface area contributed by atoms with Crippen molar-refractivity contribution in [3.05, 3.63) is 47.9 Å². The predicted molar refractivity (Wildman–Crippen MR) is 74.8 cm³/mol. The molecule has 1 aliphatic rings. The number of likely N-dealkylation sites (tertiary alicyclic amines) is 1. The second kappa shape index (κ2) is 6.22. The van der Waals surface area contributed by atoms with Crippen LogP contribution < -0.4 is 5.32 Å². The smallest absolute Gasteiger partial charge is 0.160 e. The van der Waals surface area contributed by atoms with Gasteiger partial charge in [-0.05, 0) is 31.5 Å². The molecule has 0 spiro atoms. The molecule has 1 N–H and O–H groups in total. The number of hydrogen-bond donors (Lipinski definition) is 1. The monoisotopic (exact) mass is 293 g/mol. The molecule has 0 saturated carbocycles. The molecule has 21 heavy (non-hydrogen) atoms. The van der Waals surface area contributed by atoms with Gasteiger partial charge in [-0.3, -0.25) is 4.90 Å². The molecule has 0 unspecified atom stereocenters. The van der Waals surface area contributed by atoms with Crippen molar-refractivity contribution in [3.63, 3.8) is 0 Å². The highest BCUT2D eigenvalue weighted by atomic mass is 19.2. The number of rotatable bonds is 4. The lowest BCUT2D eigenvalue weighted by Gasteiger charge is -2.33. The van der Waals surface area contributed by atoms with E-state index in [2.05, 4.69) is 15.4 Å². The number of nitrogens with zero attached hydrogens (tertiary/aromatic N) is 2. The second-order valence-corrected chi connectivity index (χ2v) is 5.34. The summed E-state index contributed by atoms with van der Waals surface area (Å²) in [4.78, 5) is 2.28. The Labute approximate surface area is 121 Å². The number of hydrogen-bond acceptors (Lipinski definition) is 4.